The molecule has 0 aromatic heterocycles. The van der Waals surface area contributed by atoms with E-state index in [9.17, 15) is 0 Å². The third kappa shape index (κ3) is 2.97. The van der Waals surface area contributed by atoms with Crippen molar-refractivity contribution >= 4 is 0 Å². The maximum Gasteiger partial charge on any atom is -0.00229 e. The Morgan fingerprint density at radius 1 is 0.882 bits per heavy atom. The Morgan fingerprint density at radius 3 is 2.35 bits per heavy atom. The van der Waals surface area contributed by atoms with Crippen molar-refractivity contribution in [1.29, 1.82) is 0 Å². The highest BCUT2D eigenvalue weighted by molar-refractivity contribution is 5.38. The summed E-state index contributed by atoms with van der Waals surface area (Å²) in [6.07, 6.45) is 3.46. The van der Waals surface area contributed by atoms with Gasteiger partial charge in [-0.05, 0) is 42.0 Å². The number of rotatable bonds is 4. The van der Waals surface area contributed by atoms with E-state index < -0.39 is 0 Å². The minimum absolute atomic E-state index is 1.05. The molecule has 2 aromatic rings. The molecular formula is C17H20. The topological polar surface area (TPSA) is 0 Å². The summed E-state index contributed by atoms with van der Waals surface area (Å²) in [5.41, 5.74) is 5.85. The Hall–Kier alpha value is -1.56. The SMILES string of the molecule is CCCc1c(C)cccc1Cc1ccccc1. The lowest BCUT2D eigenvalue weighted by Gasteiger charge is -2.12. The van der Waals surface area contributed by atoms with Gasteiger partial charge >= 0.3 is 0 Å². The minimum atomic E-state index is 1.05. The summed E-state index contributed by atoms with van der Waals surface area (Å²) in [5, 5.41) is 0. The van der Waals surface area contributed by atoms with Gasteiger partial charge in [0.2, 0.25) is 0 Å². The van der Waals surface area contributed by atoms with Crippen molar-refractivity contribution in [3.8, 4) is 0 Å². The molecule has 88 valence electrons. The summed E-state index contributed by atoms with van der Waals surface area (Å²) < 4.78 is 0. The van der Waals surface area contributed by atoms with Gasteiger partial charge in [-0.25, -0.2) is 0 Å². The van der Waals surface area contributed by atoms with E-state index in [2.05, 4.69) is 62.4 Å². The van der Waals surface area contributed by atoms with Crippen LogP contribution >= 0.6 is 0 Å². The Bertz CT molecular complexity index is 469. The van der Waals surface area contributed by atoms with Gasteiger partial charge in [0.05, 0.1) is 0 Å². The zero-order valence-electron chi connectivity index (χ0n) is 10.7. The van der Waals surface area contributed by atoms with Crippen LogP contribution in [0.25, 0.3) is 0 Å². The molecule has 2 aromatic carbocycles. The molecule has 0 aliphatic rings. The largest absolute Gasteiger partial charge is 0.0651 e. The molecular weight excluding hydrogens is 204 g/mol. The van der Waals surface area contributed by atoms with E-state index in [0.717, 1.165) is 6.42 Å². The molecule has 0 spiro atoms. The molecule has 0 fully saturated rings. The average molecular weight is 224 g/mol. The molecule has 0 heterocycles. The first-order valence-corrected chi connectivity index (χ1v) is 6.42. The van der Waals surface area contributed by atoms with E-state index in [1.54, 1.807) is 5.56 Å². The highest BCUT2D eigenvalue weighted by Gasteiger charge is 2.05. The number of benzene rings is 2. The van der Waals surface area contributed by atoms with E-state index in [-0.39, 0.29) is 0 Å². The van der Waals surface area contributed by atoms with Gasteiger partial charge in [0.15, 0.2) is 0 Å². The second-order valence-electron chi connectivity index (χ2n) is 4.62. The molecule has 0 atom stereocenters. The molecule has 0 saturated heterocycles. The molecule has 0 aliphatic carbocycles. The van der Waals surface area contributed by atoms with E-state index in [4.69, 9.17) is 0 Å². The van der Waals surface area contributed by atoms with Crippen LogP contribution in [0.15, 0.2) is 48.5 Å². The first-order chi connectivity index (χ1) is 8.31. The molecule has 0 unspecified atom stereocenters. The predicted octanol–water partition coefficient (Wildman–Crippen LogP) is 4.54. The average Bonchev–Trinajstić information content (AvgIpc) is 2.35. The molecule has 0 heteroatoms. The molecule has 0 aliphatic heterocycles. The van der Waals surface area contributed by atoms with Crippen molar-refractivity contribution in [2.75, 3.05) is 0 Å². The predicted molar refractivity (Wildman–Crippen MR) is 74.4 cm³/mol. The van der Waals surface area contributed by atoms with Gasteiger partial charge in [0, 0.05) is 0 Å². The van der Waals surface area contributed by atoms with Gasteiger partial charge in [0.1, 0.15) is 0 Å². The van der Waals surface area contributed by atoms with Crippen molar-refractivity contribution in [3.05, 3.63) is 70.8 Å². The summed E-state index contributed by atoms with van der Waals surface area (Å²) in [6.45, 7) is 4.47. The highest BCUT2D eigenvalue weighted by Crippen LogP contribution is 2.19. The van der Waals surface area contributed by atoms with Crippen molar-refractivity contribution in [2.45, 2.75) is 33.1 Å². The van der Waals surface area contributed by atoms with E-state index in [1.165, 1.54) is 29.5 Å². The zero-order chi connectivity index (χ0) is 12.1. The minimum Gasteiger partial charge on any atom is -0.0651 e. The lowest BCUT2D eigenvalue weighted by Crippen LogP contribution is -1.98. The van der Waals surface area contributed by atoms with Crippen LogP contribution in [0.5, 0.6) is 0 Å². The van der Waals surface area contributed by atoms with Gasteiger partial charge in [-0.15, -0.1) is 0 Å². The van der Waals surface area contributed by atoms with Crippen molar-refractivity contribution in [2.24, 2.45) is 0 Å². The molecule has 0 N–H and O–H groups in total. The van der Waals surface area contributed by atoms with E-state index in [0.29, 0.717) is 0 Å². The zero-order valence-corrected chi connectivity index (χ0v) is 10.7. The van der Waals surface area contributed by atoms with Crippen LogP contribution in [-0.2, 0) is 12.8 Å². The van der Waals surface area contributed by atoms with Crippen LogP contribution in [0.4, 0.5) is 0 Å². The van der Waals surface area contributed by atoms with E-state index in [1.807, 2.05) is 0 Å². The van der Waals surface area contributed by atoms with Gasteiger partial charge in [-0.2, -0.15) is 0 Å². The molecule has 2 rings (SSSR count). The molecule has 0 bridgehead atoms. The number of hydrogen-bond donors (Lipinski definition) is 0. The summed E-state index contributed by atoms with van der Waals surface area (Å²) >= 11 is 0. The number of hydrogen-bond acceptors (Lipinski definition) is 0. The van der Waals surface area contributed by atoms with Gasteiger partial charge in [-0.3, -0.25) is 0 Å². The van der Waals surface area contributed by atoms with Crippen molar-refractivity contribution < 1.29 is 0 Å². The van der Waals surface area contributed by atoms with Gasteiger partial charge in [-0.1, -0.05) is 61.9 Å². The maximum atomic E-state index is 2.27. The normalized spacial score (nSPS) is 10.5. The molecule has 0 amide bonds. The molecule has 17 heavy (non-hydrogen) atoms. The molecule has 0 nitrogen and oxygen atoms in total. The summed E-state index contributed by atoms with van der Waals surface area (Å²) in [4.78, 5) is 0. The van der Waals surface area contributed by atoms with Crippen LogP contribution in [0.2, 0.25) is 0 Å². The fraction of sp³-hybridized carbons (Fsp3) is 0.294. The van der Waals surface area contributed by atoms with Crippen LogP contribution in [0, 0.1) is 6.92 Å². The fourth-order valence-electron chi connectivity index (χ4n) is 2.35. The Kier molecular flexibility index (Phi) is 3.98. The summed E-state index contributed by atoms with van der Waals surface area (Å²) in [7, 11) is 0. The van der Waals surface area contributed by atoms with Crippen LogP contribution in [0.3, 0.4) is 0 Å². The van der Waals surface area contributed by atoms with Crippen LogP contribution in [-0.4, -0.2) is 0 Å². The Balaban J connectivity index is 2.29. The summed E-state index contributed by atoms with van der Waals surface area (Å²) in [5.74, 6) is 0. The first kappa shape index (κ1) is 11.9. The van der Waals surface area contributed by atoms with Crippen LogP contribution < -0.4 is 0 Å². The second kappa shape index (κ2) is 5.67. The number of aryl methyl sites for hydroxylation is 1. The Labute approximate surface area is 104 Å². The maximum absolute atomic E-state index is 2.27. The van der Waals surface area contributed by atoms with Crippen LogP contribution in [0.1, 0.15) is 35.6 Å². The smallest absolute Gasteiger partial charge is 0.00229 e. The van der Waals surface area contributed by atoms with Gasteiger partial charge in [0.25, 0.3) is 0 Å². The third-order valence-corrected chi connectivity index (χ3v) is 3.24. The highest BCUT2D eigenvalue weighted by atomic mass is 14.1. The quantitative estimate of drug-likeness (QED) is 0.715. The standard InChI is InChI=1S/C17H20/c1-3-8-17-14(2)9-7-12-16(17)13-15-10-5-4-6-11-15/h4-7,9-12H,3,8,13H2,1-2H3. The first-order valence-electron chi connectivity index (χ1n) is 6.42. The summed E-state index contributed by atoms with van der Waals surface area (Å²) in [6, 6.07) is 17.4. The second-order valence-corrected chi connectivity index (χ2v) is 4.62. The monoisotopic (exact) mass is 224 g/mol. The lowest BCUT2D eigenvalue weighted by atomic mass is 9.94. The van der Waals surface area contributed by atoms with Crippen molar-refractivity contribution in [1.82, 2.24) is 0 Å². The Morgan fingerprint density at radius 2 is 1.65 bits per heavy atom. The lowest BCUT2D eigenvalue weighted by molar-refractivity contribution is 0.894. The molecule has 0 saturated carbocycles. The third-order valence-electron chi connectivity index (χ3n) is 3.24. The fourth-order valence-corrected chi connectivity index (χ4v) is 2.35. The van der Waals surface area contributed by atoms with Gasteiger partial charge < -0.3 is 0 Å². The van der Waals surface area contributed by atoms with Crippen molar-refractivity contribution in [3.63, 3.8) is 0 Å². The van der Waals surface area contributed by atoms with E-state index >= 15 is 0 Å². The molecule has 0 radical (unpaired) electrons.